The van der Waals surface area contributed by atoms with Crippen LogP contribution >= 0.6 is 0 Å². The van der Waals surface area contributed by atoms with E-state index in [1.54, 1.807) is 0 Å². The molecule has 2 bridgehead atoms. The van der Waals surface area contributed by atoms with Crippen LogP contribution in [-0.2, 0) is 4.79 Å². The average molecular weight is 181 g/mol. The third-order valence-corrected chi connectivity index (χ3v) is 3.51. The van der Waals surface area contributed by atoms with E-state index in [9.17, 15) is 4.79 Å². The maximum atomic E-state index is 11.4. The fraction of sp³-hybridized carbons (Fsp3) is 0.909. The van der Waals surface area contributed by atoms with Crippen LogP contribution in [0.4, 0.5) is 0 Å². The van der Waals surface area contributed by atoms with Crippen molar-refractivity contribution >= 4 is 5.78 Å². The highest BCUT2D eigenvalue weighted by Crippen LogP contribution is 2.33. The maximum absolute atomic E-state index is 11.4. The average Bonchev–Trinajstić information content (AvgIpc) is 2.02. The molecule has 74 valence electrons. The number of carbonyl (C=O) groups is 1. The third kappa shape index (κ3) is 1.78. The number of rotatable bonds is 1. The van der Waals surface area contributed by atoms with E-state index >= 15 is 0 Å². The molecular formula is C11H19NO. The third-order valence-electron chi connectivity index (χ3n) is 3.51. The number of hydrogen-bond donors (Lipinski definition) is 0. The van der Waals surface area contributed by atoms with Gasteiger partial charge in [0.25, 0.3) is 0 Å². The molecule has 2 unspecified atom stereocenters. The van der Waals surface area contributed by atoms with Crippen LogP contribution in [0, 0.1) is 5.92 Å². The molecule has 2 nitrogen and oxygen atoms in total. The second kappa shape index (κ2) is 3.41. The Balaban J connectivity index is 2.06. The van der Waals surface area contributed by atoms with Gasteiger partial charge < -0.3 is 0 Å². The molecule has 0 aromatic rings. The second-order valence-electron chi connectivity index (χ2n) is 4.82. The molecule has 2 heteroatoms. The Kier molecular flexibility index (Phi) is 2.41. The fourth-order valence-corrected chi connectivity index (χ4v) is 2.89. The summed E-state index contributed by atoms with van der Waals surface area (Å²) >= 11 is 0. The number of Topliss-reactive ketones (excluding diaryl/α,β-unsaturated/α-hetero) is 1. The van der Waals surface area contributed by atoms with Crippen molar-refractivity contribution < 1.29 is 4.79 Å². The summed E-state index contributed by atoms with van der Waals surface area (Å²) in [6, 6.07) is 1.18. The summed E-state index contributed by atoms with van der Waals surface area (Å²) < 4.78 is 0. The molecule has 1 aliphatic heterocycles. The smallest absolute Gasteiger partial charge is 0.134 e. The Morgan fingerprint density at radius 1 is 1.38 bits per heavy atom. The van der Waals surface area contributed by atoms with Crippen LogP contribution in [0.25, 0.3) is 0 Å². The summed E-state index contributed by atoms with van der Waals surface area (Å²) in [6.45, 7) is 5.68. The first-order valence-electron chi connectivity index (χ1n) is 5.44. The molecule has 1 saturated heterocycles. The van der Waals surface area contributed by atoms with Crippen molar-refractivity contribution in [3.05, 3.63) is 0 Å². The molecular weight excluding hydrogens is 162 g/mol. The van der Waals surface area contributed by atoms with Crippen LogP contribution in [0.2, 0.25) is 0 Å². The molecule has 0 amide bonds. The van der Waals surface area contributed by atoms with Crippen molar-refractivity contribution in [2.75, 3.05) is 6.54 Å². The molecule has 2 fully saturated rings. The van der Waals surface area contributed by atoms with Crippen molar-refractivity contribution in [1.29, 1.82) is 0 Å². The monoisotopic (exact) mass is 181 g/mol. The van der Waals surface area contributed by atoms with Gasteiger partial charge in [-0.1, -0.05) is 0 Å². The van der Waals surface area contributed by atoms with Gasteiger partial charge in [-0.25, -0.2) is 0 Å². The van der Waals surface area contributed by atoms with E-state index in [0.29, 0.717) is 23.8 Å². The van der Waals surface area contributed by atoms with Crippen LogP contribution in [0.1, 0.15) is 39.5 Å². The molecule has 1 heterocycles. The van der Waals surface area contributed by atoms with E-state index in [4.69, 9.17) is 0 Å². The highest BCUT2D eigenvalue weighted by Gasteiger charge is 2.35. The molecule has 0 aromatic heterocycles. The minimum Gasteiger partial charge on any atom is -0.300 e. The number of nitrogens with zero attached hydrogens (tertiary/aromatic N) is 1. The summed E-state index contributed by atoms with van der Waals surface area (Å²) in [6.07, 6.45) is 4.18. The Morgan fingerprint density at radius 3 is 2.85 bits per heavy atom. The molecule has 1 aliphatic carbocycles. The Hall–Kier alpha value is -0.370. The molecule has 1 saturated carbocycles. The van der Waals surface area contributed by atoms with Gasteiger partial charge in [0.05, 0.1) is 0 Å². The number of carbonyl (C=O) groups excluding carboxylic acids is 1. The number of fused-ring (bicyclic) bond motifs is 2. The van der Waals surface area contributed by atoms with Gasteiger partial charge in [0, 0.05) is 24.9 Å². The van der Waals surface area contributed by atoms with Crippen LogP contribution < -0.4 is 0 Å². The molecule has 0 radical (unpaired) electrons. The van der Waals surface area contributed by atoms with Crippen LogP contribution in [0.5, 0.6) is 0 Å². The predicted molar refractivity (Wildman–Crippen MR) is 52.6 cm³/mol. The lowest BCUT2D eigenvalue weighted by Gasteiger charge is -2.44. The fourth-order valence-electron chi connectivity index (χ4n) is 2.89. The van der Waals surface area contributed by atoms with Crippen molar-refractivity contribution in [3.63, 3.8) is 0 Å². The van der Waals surface area contributed by atoms with Crippen LogP contribution in [-0.4, -0.2) is 29.3 Å². The zero-order valence-electron chi connectivity index (χ0n) is 8.62. The molecule has 2 rings (SSSR count). The van der Waals surface area contributed by atoms with Gasteiger partial charge in [0.15, 0.2) is 0 Å². The standard InChI is InChI=1S/C11H19NO/c1-8(2)12-4-3-9-5-10(12)7-11(13)6-9/h8-10H,3-7H2,1-2H3. The lowest BCUT2D eigenvalue weighted by atomic mass is 9.78. The predicted octanol–water partition coefficient (Wildman–Crippen LogP) is 1.84. The quantitative estimate of drug-likeness (QED) is 0.615. The normalized spacial score (nSPS) is 35.5. The second-order valence-corrected chi connectivity index (χ2v) is 4.82. The van der Waals surface area contributed by atoms with E-state index < -0.39 is 0 Å². The van der Waals surface area contributed by atoms with Crippen molar-refractivity contribution in [2.24, 2.45) is 5.92 Å². The largest absolute Gasteiger partial charge is 0.300 e. The molecule has 2 atom stereocenters. The first-order chi connectivity index (χ1) is 6.16. The zero-order chi connectivity index (χ0) is 9.42. The summed E-state index contributed by atoms with van der Waals surface area (Å²) in [7, 11) is 0. The number of piperidine rings is 1. The molecule has 0 spiro atoms. The minimum absolute atomic E-state index is 0.492. The van der Waals surface area contributed by atoms with Crippen molar-refractivity contribution in [2.45, 2.75) is 51.6 Å². The van der Waals surface area contributed by atoms with Crippen LogP contribution in [0.3, 0.4) is 0 Å². The first-order valence-corrected chi connectivity index (χ1v) is 5.44. The van der Waals surface area contributed by atoms with E-state index in [1.165, 1.54) is 19.4 Å². The minimum atomic E-state index is 0.492. The van der Waals surface area contributed by atoms with Gasteiger partial charge in [0.1, 0.15) is 5.78 Å². The molecule has 0 aromatic carbocycles. The highest BCUT2D eigenvalue weighted by atomic mass is 16.1. The molecule has 0 N–H and O–H groups in total. The molecule has 2 aliphatic rings. The number of ketones is 1. The van der Waals surface area contributed by atoms with Crippen molar-refractivity contribution in [3.8, 4) is 0 Å². The SMILES string of the molecule is CC(C)N1CCC2CC(=O)CC1C2. The van der Waals surface area contributed by atoms with Crippen molar-refractivity contribution in [1.82, 2.24) is 4.90 Å². The van der Waals surface area contributed by atoms with E-state index in [2.05, 4.69) is 18.7 Å². The Bertz CT molecular complexity index is 212. The van der Waals surface area contributed by atoms with E-state index in [0.717, 1.165) is 12.8 Å². The van der Waals surface area contributed by atoms with Gasteiger partial charge in [-0.05, 0) is 39.2 Å². The number of hydrogen-bond acceptors (Lipinski definition) is 2. The van der Waals surface area contributed by atoms with Gasteiger partial charge in [-0.15, -0.1) is 0 Å². The first kappa shape index (κ1) is 9.20. The Labute approximate surface area is 80.3 Å². The topological polar surface area (TPSA) is 20.3 Å². The van der Waals surface area contributed by atoms with Gasteiger partial charge in [-0.2, -0.15) is 0 Å². The van der Waals surface area contributed by atoms with Gasteiger partial charge >= 0.3 is 0 Å². The summed E-state index contributed by atoms with van der Waals surface area (Å²) in [5.74, 6) is 1.20. The zero-order valence-corrected chi connectivity index (χ0v) is 8.62. The highest BCUT2D eigenvalue weighted by molar-refractivity contribution is 5.80. The summed E-state index contributed by atoms with van der Waals surface area (Å²) in [4.78, 5) is 13.9. The molecule has 13 heavy (non-hydrogen) atoms. The lowest BCUT2D eigenvalue weighted by molar-refractivity contribution is -0.125. The Morgan fingerprint density at radius 2 is 2.15 bits per heavy atom. The maximum Gasteiger partial charge on any atom is 0.134 e. The van der Waals surface area contributed by atoms with E-state index in [1.807, 2.05) is 0 Å². The van der Waals surface area contributed by atoms with Crippen LogP contribution in [0.15, 0.2) is 0 Å². The summed E-state index contributed by atoms with van der Waals surface area (Å²) in [5, 5.41) is 0. The van der Waals surface area contributed by atoms with Gasteiger partial charge in [0.2, 0.25) is 0 Å². The van der Waals surface area contributed by atoms with Gasteiger partial charge in [-0.3, -0.25) is 9.69 Å². The number of likely N-dealkylation sites (tertiary alicyclic amines) is 1. The van der Waals surface area contributed by atoms with E-state index in [-0.39, 0.29) is 0 Å². The summed E-state index contributed by atoms with van der Waals surface area (Å²) in [5.41, 5.74) is 0. The lowest BCUT2D eigenvalue weighted by Crippen LogP contribution is -2.49.